The first-order valence-corrected chi connectivity index (χ1v) is 5.45. The van der Waals surface area contributed by atoms with Crippen molar-refractivity contribution in [2.75, 3.05) is 27.2 Å². The van der Waals surface area contributed by atoms with Crippen LogP contribution in [0.3, 0.4) is 0 Å². The van der Waals surface area contributed by atoms with E-state index in [0.29, 0.717) is 0 Å². The van der Waals surface area contributed by atoms with E-state index in [9.17, 15) is 13.5 Å². The molecule has 0 unspecified atom stereocenters. The molecular weight excluding hydrogens is 194 g/mol. The lowest BCUT2D eigenvalue weighted by Crippen LogP contribution is -2.39. The van der Waals surface area contributed by atoms with Crippen LogP contribution in [0, 0.1) is 0 Å². The van der Waals surface area contributed by atoms with Crippen molar-refractivity contribution in [3.05, 3.63) is 0 Å². The van der Waals surface area contributed by atoms with Crippen molar-refractivity contribution in [2.24, 2.45) is 5.14 Å². The van der Waals surface area contributed by atoms with Crippen LogP contribution in [-0.4, -0.2) is 62.1 Å². The summed E-state index contributed by atoms with van der Waals surface area (Å²) >= 11 is 0. The summed E-state index contributed by atoms with van der Waals surface area (Å²) in [4.78, 5) is 1.79. The normalized spacial score (nSPS) is 31.5. The highest BCUT2D eigenvalue weighted by molar-refractivity contribution is 7.86. The highest BCUT2D eigenvalue weighted by atomic mass is 32.2. The second-order valence-electron chi connectivity index (χ2n) is 3.46. The summed E-state index contributed by atoms with van der Waals surface area (Å²) in [5, 5.41) is 14.4. The Kier molecular flexibility index (Phi) is 2.93. The molecule has 1 aliphatic rings. The molecule has 0 radical (unpaired) electrons. The quantitative estimate of drug-likeness (QED) is 0.540. The topological polar surface area (TPSA) is 86.9 Å². The molecule has 0 aromatic heterocycles. The fourth-order valence-electron chi connectivity index (χ4n) is 1.45. The van der Waals surface area contributed by atoms with Gasteiger partial charge in [0, 0.05) is 13.1 Å². The Hall–Kier alpha value is -0.210. The smallest absolute Gasteiger partial charge is 0.277 e. The molecule has 3 N–H and O–H groups in total. The molecule has 0 amide bonds. The molecule has 0 aliphatic carbocycles. The Balaban J connectivity index is 2.71. The second kappa shape index (κ2) is 3.50. The predicted octanol–water partition coefficient (Wildman–Crippen LogP) is -2.20. The van der Waals surface area contributed by atoms with Gasteiger partial charge in [0.2, 0.25) is 0 Å². The lowest BCUT2D eigenvalue weighted by molar-refractivity contribution is 0.113. The lowest BCUT2D eigenvalue weighted by atomic mass is 10.2. The maximum Gasteiger partial charge on any atom is 0.277 e. The van der Waals surface area contributed by atoms with Crippen LogP contribution >= 0.6 is 0 Å². The van der Waals surface area contributed by atoms with Crippen molar-refractivity contribution in [1.29, 1.82) is 0 Å². The van der Waals surface area contributed by atoms with Gasteiger partial charge >= 0.3 is 0 Å². The van der Waals surface area contributed by atoms with Gasteiger partial charge < -0.3 is 10.0 Å². The van der Waals surface area contributed by atoms with E-state index in [1.807, 2.05) is 0 Å². The highest BCUT2D eigenvalue weighted by Crippen LogP contribution is 2.15. The SMILES string of the molecule is CN(C)[C@H]1CN(S(N)(=O)=O)C[C@@H]1O. The molecule has 0 aromatic rings. The van der Waals surface area contributed by atoms with E-state index in [2.05, 4.69) is 0 Å². The predicted molar refractivity (Wildman–Crippen MR) is 48.2 cm³/mol. The summed E-state index contributed by atoms with van der Waals surface area (Å²) in [6.07, 6.45) is -0.659. The van der Waals surface area contributed by atoms with Crippen LogP contribution in [0.2, 0.25) is 0 Å². The van der Waals surface area contributed by atoms with Crippen molar-refractivity contribution < 1.29 is 13.5 Å². The van der Waals surface area contributed by atoms with E-state index >= 15 is 0 Å². The summed E-state index contributed by atoms with van der Waals surface area (Å²) in [6.45, 7) is 0.342. The Morgan fingerprint density at radius 1 is 1.46 bits per heavy atom. The zero-order valence-corrected chi connectivity index (χ0v) is 8.53. The Morgan fingerprint density at radius 2 is 2.00 bits per heavy atom. The minimum atomic E-state index is -3.66. The van der Waals surface area contributed by atoms with Crippen LogP contribution in [0.15, 0.2) is 0 Å². The molecule has 1 saturated heterocycles. The zero-order valence-electron chi connectivity index (χ0n) is 7.71. The standard InChI is InChI=1S/C6H15N3O3S/c1-8(2)5-3-9(4-6(5)10)13(7,11)12/h5-6,10H,3-4H2,1-2H3,(H2,7,11,12)/t5-,6-/m0/s1. The van der Waals surface area contributed by atoms with E-state index in [1.54, 1.807) is 19.0 Å². The molecule has 1 heterocycles. The van der Waals surface area contributed by atoms with Crippen LogP contribution in [-0.2, 0) is 10.2 Å². The summed E-state index contributed by atoms with van der Waals surface area (Å²) in [7, 11) is -0.0709. The number of likely N-dealkylation sites (N-methyl/N-ethyl adjacent to an activating group) is 1. The molecule has 0 spiro atoms. The maximum atomic E-state index is 10.9. The van der Waals surface area contributed by atoms with E-state index in [0.717, 1.165) is 4.31 Å². The van der Waals surface area contributed by atoms with E-state index in [4.69, 9.17) is 5.14 Å². The molecule has 13 heavy (non-hydrogen) atoms. The van der Waals surface area contributed by atoms with Crippen molar-refractivity contribution in [2.45, 2.75) is 12.1 Å². The van der Waals surface area contributed by atoms with Crippen molar-refractivity contribution in [1.82, 2.24) is 9.21 Å². The molecule has 0 bridgehead atoms. The van der Waals surface area contributed by atoms with Gasteiger partial charge in [-0.1, -0.05) is 0 Å². The summed E-state index contributed by atoms with van der Waals surface area (Å²) < 4.78 is 22.9. The van der Waals surface area contributed by atoms with E-state index in [1.165, 1.54) is 0 Å². The average molecular weight is 209 g/mol. The van der Waals surface area contributed by atoms with Gasteiger partial charge in [-0.25, -0.2) is 5.14 Å². The molecule has 6 nitrogen and oxygen atoms in total. The van der Waals surface area contributed by atoms with Gasteiger partial charge in [-0.05, 0) is 14.1 Å². The molecule has 0 aromatic carbocycles. The van der Waals surface area contributed by atoms with Crippen LogP contribution in [0.25, 0.3) is 0 Å². The largest absolute Gasteiger partial charge is 0.390 e. The Morgan fingerprint density at radius 3 is 2.23 bits per heavy atom. The minimum Gasteiger partial charge on any atom is -0.390 e. The van der Waals surface area contributed by atoms with Crippen LogP contribution in [0.5, 0.6) is 0 Å². The molecule has 1 aliphatic heterocycles. The van der Waals surface area contributed by atoms with Gasteiger partial charge in [0.1, 0.15) is 0 Å². The van der Waals surface area contributed by atoms with Gasteiger partial charge in [0.15, 0.2) is 0 Å². The van der Waals surface area contributed by atoms with E-state index < -0.39 is 16.3 Å². The monoisotopic (exact) mass is 209 g/mol. The third kappa shape index (κ3) is 2.38. The van der Waals surface area contributed by atoms with Gasteiger partial charge in [-0.15, -0.1) is 0 Å². The number of nitrogens with zero attached hydrogens (tertiary/aromatic N) is 2. The number of hydrogen-bond donors (Lipinski definition) is 2. The third-order valence-electron chi connectivity index (χ3n) is 2.25. The molecule has 78 valence electrons. The van der Waals surface area contributed by atoms with Crippen molar-refractivity contribution in [3.8, 4) is 0 Å². The molecular formula is C6H15N3O3S. The van der Waals surface area contributed by atoms with Crippen LogP contribution < -0.4 is 5.14 Å². The van der Waals surface area contributed by atoms with E-state index in [-0.39, 0.29) is 19.1 Å². The summed E-state index contributed by atoms with van der Waals surface area (Å²) in [5.74, 6) is 0. The highest BCUT2D eigenvalue weighted by Gasteiger charge is 2.37. The first kappa shape index (κ1) is 10.9. The maximum absolute atomic E-state index is 10.9. The van der Waals surface area contributed by atoms with Gasteiger partial charge in [0.25, 0.3) is 10.2 Å². The Bertz CT molecular complexity index is 277. The molecule has 0 saturated carbocycles. The zero-order chi connectivity index (χ0) is 10.2. The van der Waals surface area contributed by atoms with Crippen molar-refractivity contribution in [3.63, 3.8) is 0 Å². The first-order chi connectivity index (χ1) is 5.82. The molecule has 7 heteroatoms. The molecule has 2 atom stereocenters. The number of nitrogens with two attached hydrogens (primary N) is 1. The molecule has 1 rings (SSSR count). The number of aliphatic hydroxyl groups is 1. The number of hydrogen-bond acceptors (Lipinski definition) is 4. The third-order valence-corrected chi connectivity index (χ3v) is 3.27. The fraction of sp³-hybridized carbons (Fsp3) is 1.00. The molecule has 1 fully saturated rings. The van der Waals surface area contributed by atoms with Gasteiger partial charge in [0.05, 0.1) is 12.1 Å². The second-order valence-corrected chi connectivity index (χ2v) is 5.01. The number of β-amino-alcohol motifs (C(OH)–C–C–N with tert-alkyl or cyclic N) is 1. The van der Waals surface area contributed by atoms with Gasteiger partial charge in [-0.3, -0.25) is 0 Å². The minimum absolute atomic E-state index is 0.0850. The Labute approximate surface area is 78.1 Å². The van der Waals surface area contributed by atoms with Crippen LogP contribution in [0.4, 0.5) is 0 Å². The lowest BCUT2D eigenvalue weighted by Gasteiger charge is -2.21. The fourth-order valence-corrected chi connectivity index (χ4v) is 2.17. The first-order valence-electron chi connectivity index (χ1n) is 3.94. The van der Waals surface area contributed by atoms with Gasteiger partial charge in [-0.2, -0.15) is 12.7 Å². The van der Waals surface area contributed by atoms with Crippen molar-refractivity contribution >= 4 is 10.2 Å². The number of rotatable bonds is 2. The average Bonchev–Trinajstić information content (AvgIpc) is 2.29. The summed E-state index contributed by atoms with van der Waals surface area (Å²) in [5.41, 5.74) is 0. The number of aliphatic hydroxyl groups excluding tert-OH is 1. The van der Waals surface area contributed by atoms with Crippen LogP contribution in [0.1, 0.15) is 0 Å². The summed E-state index contributed by atoms with van der Waals surface area (Å²) in [6, 6.07) is -0.168.